The van der Waals surface area contributed by atoms with E-state index >= 15 is 0 Å². The molecule has 1 aromatic rings. The third kappa shape index (κ3) is 2.36. The molecular formula is C11H19N3OS. The topological polar surface area (TPSA) is 58.7 Å². The number of hydrogen-bond acceptors (Lipinski definition) is 3. The van der Waals surface area contributed by atoms with E-state index in [0.29, 0.717) is 23.7 Å². The van der Waals surface area contributed by atoms with Crippen LogP contribution in [-0.2, 0) is 9.92 Å². The lowest BCUT2D eigenvalue weighted by Gasteiger charge is -2.23. The summed E-state index contributed by atoms with van der Waals surface area (Å²) in [5.41, 5.74) is 6.32. The highest BCUT2D eigenvalue weighted by atomic mass is 32.2. The second-order valence-corrected chi connectivity index (χ2v) is 5.71. The molecular weight excluding hydrogens is 222 g/mol. The molecule has 0 amide bonds. The Balaban J connectivity index is 3.31. The lowest BCUT2D eigenvalue weighted by atomic mass is 10.3. The molecule has 1 rings (SSSR count). The fraction of sp³-hybridized carbons (Fsp3) is 0.455. The highest BCUT2D eigenvalue weighted by Gasteiger charge is 2.18. The van der Waals surface area contributed by atoms with Gasteiger partial charge in [-0.15, -0.1) is 0 Å². The molecule has 0 bridgehead atoms. The first-order valence-electron chi connectivity index (χ1n) is 5.34. The molecule has 0 aliphatic rings. The second kappa shape index (κ2) is 5.32. The van der Waals surface area contributed by atoms with Gasteiger partial charge in [-0.2, -0.15) is 0 Å². The lowest BCUT2D eigenvalue weighted by Crippen LogP contribution is -2.30. The van der Waals surface area contributed by atoms with Crippen LogP contribution < -0.4 is 5.73 Å². The maximum absolute atomic E-state index is 12.8. The predicted molar refractivity (Wildman–Crippen MR) is 68.5 cm³/mol. The van der Waals surface area contributed by atoms with Gasteiger partial charge in [0.25, 0.3) is 0 Å². The SMILES string of the molecule is CCN(CC)S(=O)(=NC)c1cccc(N)c1. The van der Waals surface area contributed by atoms with Gasteiger partial charge in [0.05, 0.1) is 4.90 Å². The van der Waals surface area contributed by atoms with Crippen LogP contribution in [0.1, 0.15) is 13.8 Å². The Morgan fingerprint density at radius 2 is 2.00 bits per heavy atom. The van der Waals surface area contributed by atoms with Crippen molar-refractivity contribution < 1.29 is 4.21 Å². The first kappa shape index (κ1) is 13.0. The van der Waals surface area contributed by atoms with Crippen LogP contribution in [0.4, 0.5) is 5.69 Å². The molecule has 0 saturated carbocycles. The van der Waals surface area contributed by atoms with Crippen LogP contribution in [0.3, 0.4) is 0 Å². The fourth-order valence-electron chi connectivity index (χ4n) is 1.62. The second-order valence-electron chi connectivity index (χ2n) is 3.37. The van der Waals surface area contributed by atoms with Gasteiger partial charge in [0.1, 0.15) is 9.92 Å². The van der Waals surface area contributed by atoms with E-state index in [1.54, 1.807) is 25.2 Å². The van der Waals surface area contributed by atoms with Gasteiger partial charge >= 0.3 is 0 Å². The van der Waals surface area contributed by atoms with Crippen LogP contribution in [0, 0.1) is 0 Å². The summed E-state index contributed by atoms with van der Waals surface area (Å²) >= 11 is 0. The van der Waals surface area contributed by atoms with Gasteiger partial charge < -0.3 is 5.73 Å². The Kier molecular flexibility index (Phi) is 4.32. The summed E-state index contributed by atoms with van der Waals surface area (Å²) in [6, 6.07) is 7.12. The summed E-state index contributed by atoms with van der Waals surface area (Å²) < 4.78 is 18.7. The average molecular weight is 241 g/mol. The molecule has 0 aliphatic carbocycles. The summed E-state index contributed by atoms with van der Waals surface area (Å²) in [7, 11) is -0.904. The van der Waals surface area contributed by atoms with Crippen molar-refractivity contribution in [2.45, 2.75) is 18.7 Å². The van der Waals surface area contributed by atoms with Gasteiger partial charge in [-0.1, -0.05) is 19.9 Å². The summed E-state index contributed by atoms with van der Waals surface area (Å²) in [6.07, 6.45) is 0. The quantitative estimate of drug-likeness (QED) is 0.819. The van der Waals surface area contributed by atoms with E-state index in [0.717, 1.165) is 0 Å². The highest BCUT2D eigenvalue weighted by molar-refractivity contribution is 7.91. The standard InChI is InChI=1S/C11H19N3OS/c1-4-14(5-2)16(15,13-3)11-8-6-7-10(12)9-11/h6-9H,4-5,12H2,1-3H3. The minimum Gasteiger partial charge on any atom is -0.399 e. The Labute approximate surface area is 97.8 Å². The zero-order chi connectivity index (χ0) is 12.2. The van der Waals surface area contributed by atoms with E-state index in [-0.39, 0.29) is 0 Å². The molecule has 1 atom stereocenters. The van der Waals surface area contributed by atoms with E-state index in [1.807, 2.05) is 24.2 Å². The molecule has 1 unspecified atom stereocenters. The van der Waals surface area contributed by atoms with Crippen LogP contribution in [0.5, 0.6) is 0 Å². The van der Waals surface area contributed by atoms with Crippen molar-refractivity contribution >= 4 is 15.6 Å². The van der Waals surface area contributed by atoms with Crippen molar-refractivity contribution in [1.82, 2.24) is 4.31 Å². The van der Waals surface area contributed by atoms with Crippen LogP contribution in [0.2, 0.25) is 0 Å². The van der Waals surface area contributed by atoms with E-state index < -0.39 is 9.92 Å². The molecule has 4 nitrogen and oxygen atoms in total. The summed E-state index contributed by atoms with van der Waals surface area (Å²) in [5, 5.41) is 0. The molecule has 0 radical (unpaired) electrons. The smallest absolute Gasteiger partial charge is 0.139 e. The average Bonchev–Trinajstić information content (AvgIpc) is 2.30. The molecule has 0 saturated heterocycles. The van der Waals surface area contributed by atoms with Crippen molar-refractivity contribution in [3.8, 4) is 0 Å². The fourth-order valence-corrected chi connectivity index (χ4v) is 3.61. The predicted octanol–water partition coefficient (Wildman–Crippen LogP) is 1.98. The molecule has 0 aliphatic heterocycles. The molecule has 16 heavy (non-hydrogen) atoms. The van der Waals surface area contributed by atoms with Gasteiger partial charge in [0, 0.05) is 25.8 Å². The molecule has 1 aromatic carbocycles. The van der Waals surface area contributed by atoms with E-state index in [9.17, 15) is 4.21 Å². The lowest BCUT2D eigenvalue weighted by molar-refractivity contribution is 0.481. The van der Waals surface area contributed by atoms with Gasteiger partial charge in [0.2, 0.25) is 0 Å². The van der Waals surface area contributed by atoms with Crippen LogP contribution in [-0.4, -0.2) is 28.7 Å². The van der Waals surface area contributed by atoms with Crippen molar-refractivity contribution in [3.63, 3.8) is 0 Å². The highest BCUT2D eigenvalue weighted by Crippen LogP contribution is 2.19. The minimum absolute atomic E-state index is 0.612. The number of nitrogen functional groups attached to an aromatic ring is 1. The Bertz CT molecular complexity index is 460. The van der Waals surface area contributed by atoms with E-state index in [1.165, 1.54) is 0 Å². The summed E-state index contributed by atoms with van der Waals surface area (Å²) in [5.74, 6) is 0. The number of hydrogen-bond donors (Lipinski definition) is 1. The molecule has 0 heterocycles. The van der Waals surface area contributed by atoms with E-state index in [4.69, 9.17) is 5.73 Å². The third-order valence-corrected chi connectivity index (χ3v) is 5.05. The molecule has 5 heteroatoms. The molecule has 2 N–H and O–H groups in total. The monoisotopic (exact) mass is 241 g/mol. The van der Waals surface area contributed by atoms with Gasteiger partial charge in [-0.3, -0.25) is 0 Å². The molecule has 90 valence electrons. The van der Waals surface area contributed by atoms with Crippen LogP contribution >= 0.6 is 0 Å². The first-order chi connectivity index (χ1) is 7.58. The van der Waals surface area contributed by atoms with E-state index in [2.05, 4.69) is 4.36 Å². The summed E-state index contributed by atoms with van der Waals surface area (Å²) in [6.45, 7) is 5.34. The van der Waals surface area contributed by atoms with Crippen molar-refractivity contribution in [2.24, 2.45) is 4.36 Å². The zero-order valence-corrected chi connectivity index (χ0v) is 10.8. The van der Waals surface area contributed by atoms with Crippen molar-refractivity contribution in [1.29, 1.82) is 0 Å². The van der Waals surface area contributed by atoms with Gasteiger partial charge in [-0.25, -0.2) is 12.9 Å². The van der Waals surface area contributed by atoms with Crippen LogP contribution in [0.15, 0.2) is 33.5 Å². The molecule has 0 spiro atoms. The maximum Gasteiger partial charge on any atom is 0.139 e. The number of nitrogens with zero attached hydrogens (tertiary/aromatic N) is 2. The van der Waals surface area contributed by atoms with Crippen LogP contribution in [0.25, 0.3) is 0 Å². The largest absolute Gasteiger partial charge is 0.399 e. The van der Waals surface area contributed by atoms with Gasteiger partial charge in [-0.05, 0) is 18.2 Å². The number of nitrogens with two attached hydrogens (primary N) is 1. The summed E-state index contributed by atoms with van der Waals surface area (Å²) in [4.78, 5) is 0.679. The Morgan fingerprint density at radius 1 is 1.38 bits per heavy atom. The number of benzene rings is 1. The maximum atomic E-state index is 12.8. The number of rotatable bonds is 4. The van der Waals surface area contributed by atoms with Gasteiger partial charge in [0.15, 0.2) is 0 Å². The molecule has 0 aromatic heterocycles. The normalized spacial score (nSPS) is 14.8. The third-order valence-electron chi connectivity index (χ3n) is 2.47. The first-order valence-corrected chi connectivity index (χ1v) is 6.81. The van der Waals surface area contributed by atoms with Crippen molar-refractivity contribution in [3.05, 3.63) is 24.3 Å². The number of anilines is 1. The molecule has 0 fully saturated rings. The minimum atomic E-state index is -2.49. The zero-order valence-electron chi connectivity index (χ0n) is 10.0. The Hall–Kier alpha value is -1.07. The Morgan fingerprint density at radius 3 is 2.44 bits per heavy atom. The van der Waals surface area contributed by atoms with Crippen molar-refractivity contribution in [2.75, 3.05) is 25.9 Å².